The molecule has 0 spiro atoms. The molecule has 0 fully saturated rings. The van der Waals surface area contributed by atoms with Crippen LogP contribution in [-0.4, -0.2) is 22.5 Å². The smallest absolute Gasteiger partial charge is 0.303 e. The second-order valence-electron chi connectivity index (χ2n) is 4.30. The van der Waals surface area contributed by atoms with Crippen LogP contribution in [0.4, 0.5) is 0 Å². The number of carbonyl (C=O) groups is 1. The van der Waals surface area contributed by atoms with Crippen LogP contribution in [0, 0.1) is 10.1 Å². The normalized spacial score (nSPS) is 15.5. The van der Waals surface area contributed by atoms with Gasteiger partial charge in [0.25, 0.3) is 0 Å². The minimum absolute atomic E-state index is 0.262. The molecule has 0 aromatic carbocycles. The molecule has 17 heavy (non-hydrogen) atoms. The molecule has 1 unspecified atom stereocenters. The molecule has 0 aliphatic rings. The highest BCUT2D eigenvalue weighted by Gasteiger charge is 2.29. The summed E-state index contributed by atoms with van der Waals surface area (Å²) >= 11 is 0. The van der Waals surface area contributed by atoms with Gasteiger partial charge in [-0.3, -0.25) is 14.9 Å². The van der Waals surface area contributed by atoms with Crippen molar-refractivity contribution in [1.82, 2.24) is 0 Å². The van der Waals surface area contributed by atoms with Crippen molar-refractivity contribution in [3.05, 3.63) is 34.9 Å². The maximum Gasteiger partial charge on any atom is 0.303 e. The van der Waals surface area contributed by atoms with E-state index in [-0.39, 0.29) is 11.3 Å². The molecule has 0 heterocycles. The van der Waals surface area contributed by atoms with Crippen LogP contribution in [0.2, 0.25) is 0 Å². The zero-order valence-corrected chi connectivity index (χ0v) is 10.6. The van der Waals surface area contributed by atoms with Gasteiger partial charge in [0, 0.05) is 18.3 Å². The van der Waals surface area contributed by atoms with Crippen molar-refractivity contribution in [2.75, 3.05) is 0 Å². The van der Waals surface area contributed by atoms with Crippen molar-refractivity contribution < 1.29 is 14.5 Å². The van der Waals surface area contributed by atoms with Crippen LogP contribution < -0.4 is 0 Å². The Morgan fingerprint density at radius 2 is 2.12 bits per heavy atom. The summed E-state index contributed by atoms with van der Waals surface area (Å²) in [6, 6.07) is -0.815. The summed E-state index contributed by atoms with van der Waals surface area (Å²) in [4.78, 5) is 21.3. The molecule has 5 nitrogen and oxygen atoms in total. The fraction of sp³-hybridized carbons (Fsp3) is 0.583. The third-order valence-corrected chi connectivity index (χ3v) is 2.55. The monoisotopic (exact) mass is 241 g/mol. The summed E-state index contributed by atoms with van der Waals surface area (Å²) in [5.74, 6) is -0.430. The number of carbonyl (C=O) groups excluding carboxylic acids is 1. The van der Waals surface area contributed by atoms with E-state index >= 15 is 0 Å². The van der Waals surface area contributed by atoms with Gasteiger partial charge in [0.1, 0.15) is 5.60 Å². The minimum Gasteiger partial charge on any atom is -0.455 e. The number of hydrogen-bond donors (Lipinski definition) is 0. The molecule has 0 bridgehead atoms. The number of nitro groups is 1. The average molecular weight is 241 g/mol. The zero-order valence-electron chi connectivity index (χ0n) is 10.6. The molecule has 0 saturated heterocycles. The topological polar surface area (TPSA) is 69.4 Å². The molecule has 0 radical (unpaired) electrons. The van der Waals surface area contributed by atoms with Gasteiger partial charge >= 0.3 is 5.97 Å². The van der Waals surface area contributed by atoms with Crippen molar-refractivity contribution in [3.8, 4) is 0 Å². The molecule has 0 aliphatic carbocycles. The van der Waals surface area contributed by atoms with Crippen LogP contribution >= 0.6 is 0 Å². The van der Waals surface area contributed by atoms with Gasteiger partial charge in [-0.25, -0.2) is 0 Å². The Balaban J connectivity index is 4.59. The van der Waals surface area contributed by atoms with E-state index in [1.54, 1.807) is 13.8 Å². The first kappa shape index (κ1) is 15.3. The first-order chi connectivity index (χ1) is 7.72. The third kappa shape index (κ3) is 5.29. The zero-order chi connectivity index (χ0) is 13.6. The Labute approximate surface area is 101 Å². The van der Waals surface area contributed by atoms with Gasteiger partial charge in [-0.1, -0.05) is 13.2 Å². The number of ether oxygens (including phenoxy) is 1. The van der Waals surface area contributed by atoms with Crippen molar-refractivity contribution in [2.24, 2.45) is 0 Å². The lowest BCUT2D eigenvalue weighted by atomic mass is 9.95. The quantitative estimate of drug-likeness (QED) is 0.297. The van der Waals surface area contributed by atoms with Gasteiger partial charge in [-0.2, -0.15) is 0 Å². The fourth-order valence-electron chi connectivity index (χ4n) is 1.48. The maximum atomic E-state index is 10.9. The van der Waals surface area contributed by atoms with E-state index in [9.17, 15) is 14.9 Å². The molecule has 0 amide bonds. The lowest BCUT2D eigenvalue weighted by Gasteiger charge is -2.25. The summed E-state index contributed by atoms with van der Waals surface area (Å²) in [6.45, 7) is 11.8. The van der Waals surface area contributed by atoms with E-state index in [4.69, 9.17) is 4.74 Å². The van der Waals surface area contributed by atoms with Gasteiger partial charge in [-0.15, -0.1) is 0 Å². The Morgan fingerprint density at radius 3 is 2.41 bits per heavy atom. The van der Waals surface area contributed by atoms with Gasteiger partial charge in [0.15, 0.2) is 0 Å². The van der Waals surface area contributed by atoms with Crippen molar-refractivity contribution in [1.29, 1.82) is 0 Å². The molecule has 0 saturated carbocycles. The van der Waals surface area contributed by atoms with Crippen molar-refractivity contribution >= 4 is 5.97 Å². The SMILES string of the molecule is C=C[C@@](C)(CCC(C(=C)C)[N+](=O)[O-])OC(C)=O. The average Bonchev–Trinajstić information content (AvgIpc) is 2.15. The second-order valence-corrected chi connectivity index (χ2v) is 4.30. The molecule has 0 aliphatic heterocycles. The maximum absolute atomic E-state index is 10.9. The highest BCUT2D eigenvalue weighted by atomic mass is 16.6. The summed E-state index contributed by atoms with van der Waals surface area (Å²) in [5.41, 5.74) is -0.375. The van der Waals surface area contributed by atoms with Crippen LogP contribution in [0.3, 0.4) is 0 Å². The van der Waals surface area contributed by atoms with E-state index in [0.717, 1.165) is 0 Å². The minimum atomic E-state index is -0.866. The lowest BCUT2D eigenvalue weighted by molar-refractivity contribution is -0.513. The van der Waals surface area contributed by atoms with Crippen LogP contribution in [0.15, 0.2) is 24.8 Å². The molecule has 0 N–H and O–H groups in total. The number of nitrogens with zero attached hydrogens (tertiary/aromatic N) is 1. The number of hydrogen-bond acceptors (Lipinski definition) is 4. The highest BCUT2D eigenvalue weighted by Crippen LogP contribution is 2.22. The first-order valence-corrected chi connectivity index (χ1v) is 5.34. The van der Waals surface area contributed by atoms with Crippen LogP contribution in [0.1, 0.15) is 33.6 Å². The van der Waals surface area contributed by atoms with E-state index in [1.165, 1.54) is 13.0 Å². The molecular formula is C12H19NO4. The largest absolute Gasteiger partial charge is 0.455 e. The summed E-state index contributed by atoms with van der Waals surface area (Å²) < 4.78 is 5.09. The second kappa shape index (κ2) is 6.18. The Kier molecular flexibility index (Phi) is 5.58. The van der Waals surface area contributed by atoms with Gasteiger partial charge < -0.3 is 4.74 Å². The molecule has 96 valence electrons. The molecule has 0 rings (SSSR count). The van der Waals surface area contributed by atoms with Crippen LogP contribution in [0.5, 0.6) is 0 Å². The number of rotatable bonds is 7. The Bertz CT molecular complexity index is 323. The molecule has 5 heteroatoms. The summed E-state index contributed by atoms with van der Waals surface area (Å²) in [6.07, 6.45) is 2.09. The number of esters is 1. The van der Waals surface area contributed by atoms with Crippen molar-refractivity contribution in [3.63, 3.8) is 0 Å². The molecule has 0 aromatic rings. The predicted octanol–water partition coefficient (Wildman–Crippen LogP) is 2.50. The van der Waals surface area contributed by atoms with E-state index in [0.29, 0.717) is 12.0 Å². The van der Waals surface area contributed by atoms with E-state index in [2.05, 4.69) is 13.2 Å². The first-order valence-electron chi connectivity index (χ1n) is 5.34. The highest BCUT2D eigenvalue weighted by molar-refractivity contribution is 5.66. The standard InChI is InChI=1S/C12H19NO4/c1-6-12(5,17-10(4)14)8-7-11(9(2)3)13(15)16/h6,11H,1-2,7-8H2,3-5H3/t11?,12-/m0/s1. The fourth-order valence-corrected chi connectivity index (χ4v) is 1.48. The van der Waals surface area contributed by atoms with Crippen LogP contribution in [-0.2, 0) is 9.53 Å². The van der Waals surface area contributed by atoms with E-state index in [1.807, 2.05) is 0 Å². The lowest BCUT2D eigenvalue weighted by Crippen LogP contribution is -2.31. The van der Waals surface area contributed by atoms with Crippen molar-refractivity contribution in [2.45, 2.75) is 45.3 Å². The summed E-state index contributed by atoms with van der Waals surface area (Å²) in [7, 11) is 0. The van der Waals surface area contributed by atoms with Gasteiger partial charge in [0.05, 0.1) is 0 Å². The predicted molar refractivity (Wildman–Crippen MR) is 65.2 cm³/mol. The summed E-state index contributed by atoms with van der Waals surface area (Å²) in [5, 5.41) is 10.8. The molecular weight excluding hydrogens is 222 g/mol. The molecule has 2 atom stereocenters. The third-order valence-electron chi connectivity index (χ3n) is 2.55. The van der Waals surface area contributed by atoms with E-state index < -0.39 is 17.6 Å². The Morgan fingerprint density at radius 1 is 1.59 bits per heavy atom. The molecule has 0 aromatic heterocycles. The van der Waals surface area contributed by atoms with Gasteiger partial charge in [0.2, 0.25) is 6.04 Å². The van der Waals surface area contributed by atoms with Gasteiger partial charge in [-0.05, 0) is 31.9 Å². The Hall–Kier alpha value is -1.65. The van der Waals surface area contributed by atoms with Crippen LogP contribution in [0.25, 0.3) is 0 Å².